The van der Waals surface area contributed by atoms with Crippen molar-refractivity contribution in [2.45, 2.75) is 13.3 Å². The maximum absolute atomic E-state index is 12.1. The van der Waals surface area contributed by atoms with Crippen LogP contribution in [0.2, 0.25) is 0 Å². The Hall–Kier alpha value is -3.13. The number of aryl methyl sites for hydroxylation is 1. The molecule has 29 heavy (non-hydrogen) atoms. The molecule has 0 aliphatic rings. The fourth-order valence-corrected chi connectivity index (χ4v) is 2.78. The van der Waals surface area contributed by atoms with Crippen molar-refractivity contribution in [3.05, 3.63) is 47.7 Å². The number of rotatable bonds is 10. The van der Waals surface area contributed by atoms with Crippen LogP contribution >= 0.6 is 0 Å². The largest absolute Gasteiger partial charge is 0.493 e. The van der Waals surface area contributed by atoms with Gasteiger partial charge in [-0.2, -0.15) is 0 Å². The molecule has 0 bridgehead atoms. The van der Waals surface area contributed by atoms with Crippen LogP contribution < -0.4 is 20.1 Å². The Balaban J connectivity index is 1.72. The molecule has 8 heteroatoms. The van der Waals surface area contributed by atoms with Gasteiger partial charge in [0.2, 0.25) is 11.8 Å². The van der Waals surface area contributed by atoms with Crippen LogP contribution in [0.15, 0.2) is 36.4 Å². The smallest absolute Gasteiger partial charge is 0.239 e. The molecule has 1 heterocycles. The van der Waals surface area contributed by atoms with Crippen LogP contribution in [-0.4, -0.2) is 62.6 Å². The number of hydrogen-bond acceptors (Lipinski definition) is 6. The molecule has 0 saturated heterocycles. The highest BCUT2D eigenvalue weighted by molar-refractivity contribution is 5.91. The number of methoxy groups -OCH3 is 2. The molecule has 156 valence electrons. The van der Waals surface area contributed by atoms with Gasteiger partial charge < -0.3 is 20.1 Å². The molecule has 2 rings (SSSR count). The number of likely N-dealkylation sites (N-methyl/N-ethyl adjacent to an activating group) is 1. The maximum Gasteiger partial charge on any atom is 0.239 e. The summed E-state index contributed by atoms with van der Waals surface area (Å²) in [7, 11) is 4.90. The van der Waals surface area contributed by atoms with Crippen molar-refractivity contribution < 1.29 is 19.1 Å². The van der Waals surface area contributed by atoms with Gasteiger partial charge in [0.25, 0.3) is 0 Å². The van der Waals surface area contributed by atoms with Crippen LogP contribution in [0.5, 0.6) is 11.5 Å². The highest BCUT2D eigenvalue weighted by atomic mass is 16.5. The molecule has 0 fully saturated rings. The zero-order valence-electron chi connectivity index (χ0n) is 17.3. The van der Waals surface area contributed by atoms with E-state index in [1.807, 2.05) is 37.3 Å². The molecule has 8 nitrogen and oxygen atoms in total. The Bertz CT molecular complexity index is 841. The van der Waals surface area contributed by atoms with Gasteiger partial charge in [0.15, 0.2) is 11.5 Å². The van der Waals surface area contributed by atoms with E-state index in [2.05, 4.69) is 15.6 Å². The molecular weight excluding hydrogens is 372 g/mol. The monoisotopic (exact) mass is 400 g/mol. The molecule has 2 N–H and O–H groups in total. The van der Waals surface area contributed by atoms with Crippen molar-refractivity contribution in [3.8, 4) is 11.5 Å². The fourth-order valence-electron chi connectivity index (χ4n) is 2.78. The first-order valence-electron chi connectivity index (χ1n) is 9.31. The first-order chi connectivity index (χ1) is 13.9. The Morgan fingerprint density at radius 1 is 1.03 bits per heavy atom. The Labute approximate surface area is 171 Å². The van der Waals surface area contributed by atoms with Crippen LogP contribution in [0.3, 0.4) is 0 Å². The van der Waals surface area contributed by atoms with Crippen molar-refractivity contribution in [1.82, 2.24) is 15.2 Å². The summed E-state index contributed by atoms with van der Waals surface area (Å²) in [5.41, 5.74) is 1.85. The van der Waals surface area contributed by atoms with Crippen LogP contribution in [0.1, 0.15) is 11.3 Å². The summed E-state index contributed by atoms with van der Waals surface area (Å²) in [5, 5.41) is 5.59. The number of nitrogens with zero attached hydrogens (tertiary/aromatic N) is 2. The standard InChI is InChI=1S/C21H28N4O4/c1-15-6-5-7-19(23-15)24-21(27)14-25(2)13-20(26)22-11-10-16-8-9-17(28-3)18(12-16)29-4/h5-9,12H,10-11,13-14H2,1-4H3,(H,22,26)(H,23,24,27). The average molecular weight is 400 g/mol. The number of ether oxygens (including phenoxy) is 2. The number of benzene rings is 1. The summed E-state index contributed by atoms with van der Waals surface area (Å²) >= 11 is 0. The molecule has 0 spiro atoms. The molecule has 0 saturated carbocycles. The molecule has 1 aromatic heterocycles. The number of amides is 2. The Morgan fingerprint density at radius 2 is 1.76 bits per heavy atom. The van der Waals surface area contributed by atoms with Crippen LogP contribution in [0.25, 0.3) is 0 Å². The van der Waals surface area contributed by atoms with E-state index in [0.717, 1.165) is 11.3 Å². The quantitative estimate of drug-likeness (QED) is 0.630. The third-order valence-corrected chi connectivity index (χ3v) is 4.17. The maximum atomic E-state index is 12.1. The lowest BCUT2D eigenvalue weighted by atomic mass is 10.1. The minimum Gasteiger partial charge on any atom is -0.493 e. The Kier molecular flexibility index (Phi) is 8.42. The van der Waals surface area contributed by atoms with E-state index < -0.39 is 0 Å². The van der Waals surface area contributed by atoms with Gasteiger partial charge in [-0.25, -0.2) is 4.98 Å². The van der Waals surface area contributed by atoms with E-state index in [0.29, 0.717) is 30.3 Å². The number of hydrogen-bond donors (Lipinski definition) is 2. The SMILES string of the molecule is COc1ccc(CCNC(=O)CN(C)CC(=O)Nc2cccc(C)n2)cc1OC. The lowest BCUT2D eigenvalue weighted by Crippen LogP contribution is -2.39. The van der Waals surface area contributed by atoms with E-state index in [1.165, 1.54) is 0 Å². The zero-order valence-corrected chi connectivity index (χ0v) is 17.3. The number of anilines is 1. The molecule has 0 radical (unpaired) electrons. The van der Waals surface area contributed by atoms with Crippen molar-refractivity contribution >= 4 is 17.6 Å². The summed E-state index contributed by atoms with van der Waals surface area (Å²) in [4.78, 5) is 30.1. The summed E-state index contributed by atoms with van der Waals surface area (Å²) < 4.78 is 10.5. The van der Waals surface area contributed by atoms with E-state index in [9.17, 15) is 9.59 Å². The van der Waals surface area contributed by atoms with Gasteiger partial charge in [-0.15, -0.1) is 0 Å². The zero-order chi connectivity index (χ0) is 21.2. The van der Waals surface area contributed by atoms with Crippen LogP contribution in [0, 0.1) is 6.92 Å². The number of carbonyl (C=O) groups is 2. The highest BCUT2D eigenvalue weighted by Gasteiger charge is 2.11. The highest BCUT2D eigenvalue weighted by Crippen LogP contribution is 2.27. The minimum atomic E-state index is -0.219. The summed E-state index contributed by atoms with van der Waals surface area (Å²) in [6.07, 6.45) is 0.662. The summed E-state index contributed by atoms with van der Waals surface area (Å²) in [6.45, 7) is 2.56. The molecule has 0 unspecified atom stereocenters. The molecule has 1 aromatic carbocycles. The number of pyridine rings is 1. The van der Waals surface area contributed by atoms with Crippen molar-refractivity contribution in [2.75, 3.05) is 46.2 Å². The third-order valence-electron chi connectivity index (χ3n) is 4.17. The normalized spacial score (nSPS) is 10.5. The molecule has 2 aromatic rings. The van der Waals surface area contributed by atoms with Gasteiger partial charge in [-0.1, -0.05) is 12.1 Å². The number of aromatic nitrogens is 1. The van der Waals surface area contributed by atoms with Gasteiger partial charge in [0.05, 0.1) is 27.3 Å². The lowest BCUT2D eigenvalue weighted by Gasteiger charge is -2.16. The molecule has 2 amide bonds. The minimum absolute atomic E-state index is 0.0960. The second-order valence-corrected chi connectivity index (χ2v) is 6.67. The summed E-state index contributed by atoms with van der Waals surface area (Å²) in [5.74, 6) is 1.46. The topological polar surface area (TPSA) is 92.8 Å². The molecule has 0 atom stereocenters. The van der Waals surface area contributed by atoms with E-state index >= 15 is 0 Å². The van der Waals surface area contributed by atoms with E-state index in [4.69, 9.17) is 9.47 Å². The first kappa shape index (κ1) is 22.2. The van der Waals surface area contributed by atoms with E-state index in [1.54, 1.807) is 32.2 Å². The first-order valence-corrected chi connectivity index (χ1v) is 9.31. The second kappa shape index (κ2) is 11.0. The lowest BCUT2D eigenvalue weighted by molar-refractivity contribution is -0.122. The van der Waals surface area contributed by atoms with Crippen LogP contribution in [0.4, 0.5) is 5.82 Å². The predicted octanol–water partition coefficient (Wildman–Crippen LogP) is 1.64. The molecular formula is C21H28N4O4. The van der Waals surface area contributed by atoms with Crippen molar-refractivity contribution in [1.29, 1.82) is 0 Å². The fraction of sp³-hybridized carbons (Fsp3) is 0.381. The van der Waals surface area contributed by atoms with Crippen LogP contribution in [-0.2, 0) is 16.0 Å². The Morgan fingerprint density at radius 3 is 2.45 bits per heavy atom. The number of carbonyl (C=O) groups excluding carboxylic acids is 2. The third kappa shape index (κ3) is 7.42. The predicted molar refractivity (Wildman–Crippen MR) is 111 cm³/mol. The van der Waals surface area contributed by atoms with Gasteiger partial charge in [0, 0.05) is 12.2 Å². The van der Waals surface area contributed by atoms with Gasteiger partial charge in [-0.3, -0.25) is 14.5 Å². The van der Waals surface area contributed by atoms with Gasteiger partial charge >= 0.3 is 0 Å². The van der Waals surface area contributed by atoms with Gasteiger partial charge in [-0.05, 0) is 50.2 Å². The molecule has 0 aliphatic heterocycles. The van der Waals surface area contributed by atoms with E-state index in [-0.39, 0.29) is 24.9 Å². The number of nitrogens with one attached hydrogen (secondary N) is 2. The van der Waals surface area contributed by atoms with Crippen molar-refractivity contribution in [3.63, 3.8) is 0 Å². The average Bonchev–Trinajstić information content (AvgIpc) is 2.67. The molecule has 0 aliphatic carbocycles. The van der Waals surface area contributed by atoms with Crippen molar-refractivity contribution in [2.24, 2.45) is 0 Å². The van der Waals surface area contributed by atoms with Gasteiger partial charge in [0.1, 0.15) is 5.82 Å². The second-order valence-electron chi connectivity index (χ2n) is 6.67. The summed E-state index contributed by atoms with van der Waals surface area (Å²) in [6, 6.07) is 11.1.